The van der Waals surface area contributed by atoms with Crippen LogP contribution in [0, 0.1) is 5.41 Å². The fourth-order valence-electron chi connectivity index (χ4n) is 2.70. The van der Waals surface area contributed by atoms with Crippen LogP contribution < -0.4 is 16.2 Å². The minimum atomic E-state index is -3.78. The molecular weight excluding hydrogens is 262 g/mol. The second-order valence-electron chi connectivity index (χ2n) is 5.84. The van der Waals surface area contributed by atoms with Gasteiger partial charge in [0.2, 0.25) is 10.0 Å². The third-order valence-corrected chi connectivity index (χ3v) is 4.93. The molecule has 1 fully saturated rings. The van der Waals surface area contributed by atoms with Crippen LogP contribution in [0.2, 0.25) is 0 Å². The first kappa shape index (κ1) is 14.1. The summed E-state index contributed by atoms with van der Waals surface area (Å²) in [5, 5.41) is 8.52. The molecule has 0 bridgehead atoms. The highest BCUT2D eigenvalue weighted by molar-refractivity contribution is 7.89. The van der Waals surface area contributed by atoms with Crippen LogP contribution in [-0.2, 0) is 10.0 Å². The molecule has 106 valence electrons. The van der Waals surface area contributed by atoms with Crippen molar-refractivity contribution < 1.29 is 8.42 Å². The lowest BCUT2D eigenvalue weighted by Crippen LogP contribution is -2.31. The van der Waals surface area contributed by atoms with E-state index in [1.807, 2.05) is 0 Å². The van der Waals surface area contributed by atoms with Gasteiger partial charge in [-0.05, 0) is 30.4 Å². The Balaban J connectivity index is 2.32. The molecule has 0 saturated heterocycles. The van der Waals surface area contributed by atoms with Gasteiger partial charge in [-0.2, -0.15) is 0 Å². The molecule has 0 aliphatic heterocycles. The molecule has 1 saturated carbocycles. The van der Waals surface area contributed by atoms with Gasteiger partial charge in [0, 0.05) is 6.04 Å². The number of hydrogen-bond acceptors (Lipinski definition) is 4. The molecule has 1 aliphatic carbocycles. The van der Waals surface area contributed by atoms with Crippen molar-refractivity contribution in [2.24, 2.45) is 10.6 Å². The first-order chi connectivity index (χ1) is 8.72. The molecule has 2 rings (SSSR count). The van der Waals surface area contributed by atoms with Crippen molar-refractivity contribution in [3.63, 3.8) is 0 Å². The zero-order valence-electron chi connectivity index (χ0n) is 11.3. The van der Waals surface area contributed by atoms with E-state index in [2.05, 4.69) is 19.2 Å². The SMILES string of the molecule is CC1(C)CCCC1Nc1cccc(S(N)(=O)=O)c1N. The highest BCUT2D eigenvalue weighted by Crippen LogP contribution is 2.40. The maximum atomic E-state index is 11.4. The van der Waals surface area contributed by atoms with E-state index in [0.29, 0.717) is 11.7 Å². The number of sulfonamides is 1. The summed E-state index contributed by atoms with van der Waals surface area (Å²) in [6.45, 7) is 4.41. The zero-order chi connectivity index (χ0) is 14.3. The van der Waals surface area contributed by atoms with Crippen molar-refractivity contribution in [1.29, 1.82) is 0 Å². The smallest absolute Gasteiger partial charge is 0.240 e. The Labute approximate surface area is 114 Å². The summed E-state index contributed by atoms with van der Waals surface area (Å²) in [7, 11) is -3.78. The molecule has 1 atom stereocenters. The molecule has 5 nitrogen and oxygen atoms in total. The monoisotopic (exact) mass is 283 g/mol. The molecule has 19 heavy (non-hydrogen) atoms. The Kier molecular flexibility index (Phi) is 3.49. The van der Waals surface area contributed by atoms with Crippen LogP contribution in [0.25, 0.3) is 0 Å². The Bertz CT molecular complexity index is 582. The standard InChI is InChI=1S/C13H21N3O2S/c1-13(2)8-4-7-11(13)16-9-5-3-6-10(12(9)14)19(15,17)18/h3,5-6,11,16H,4,7-8,14H2,1-2H3,(H2,15,17,18). The summed E-state index contributed by atoms with van der Waals surface area (Å²) < 4.78 is 22.9. The van der Waals surface area contributed by atoms with Gasteiger partial charge in [-0.25, -0.2) is 13.6 Å². The summed E-state index contributed by atoms with van der Waals surface area (Å²) in [6, 6.07) is 5.17. The minimum absolute atomic E-state index is 0.0201. The summed E-state index contributed by atoms with van der Waals surface area (Å²) in [5.74, 6) is 0. The maximum absolute atomic E-state index is 11.4. The third-order valence-electron chi connectivity index (χ3n) is 3.96. The van der Waals surface area contributed by atoms with Crippen molar-refractivity contribution in [2.75, 3.05) is 11.1 Å². The number of hydrogen-bond donors (Lipinski definition) is 3. The molecule has 0 heterocycles. The second-order valence-corrected chi connectivity index (χ2v) is 7.37. The average Bonchev–Trinajstić information content (AvgIpc) is 2.59. The van der Waals surface area contributed by atoms with E-state index in [-0.39, 0.29) is 16.0 Å². The molecule has 1 aromatic rings. The number of primary sulfonamides is 1. The van der Waals surface area contributed by atoms with Crippen LogP contribution in [0.3, 0.4) is 0 Å². The van der Waals surface area contributed by atoms with Crippen molar-refractivity contribution in [1.82, 2.24) is 0 Å². The quantitative estimate of drug-likeness (QED) is 0.738. The van der Waals surface area contributed by atoms with Crippen molar-refractivity contribution >= 4 is 21.4 Å². The topological polar surface area (TPSA) is 98.2 Å². The van der Waals surface area contributed by atoms with E-state index in [1.54, 1.807) is 12.1 Å². The Morgan fingerprint density at radius 3 is 2.58 bits per heavy atom. The first-order valence-corrected chi connectivity index (χ1v) is 7.94. The summed E-state index contributed by atoms with van der Waals surface area (Å²) in [5.41, 5.74) is 6.95. The molecule has 1 aliphatic rings. The number of nitrogen functional groups attached to an aromatic ring is 1. The first-order valence-electron chi connectivity index (χ1n) is 6.40. The number of para-hydroxylation sites is 1. The molecule has 0 spiro atoms. The largest absolute Gasteiger partial charge is 0.396 e. The fourth-order valence-corrected chi connectivity index (χ4v) is 3.38. The van der Waals surface area contributed by atoms with Crippen LogP contribution in [0.4, 0.5) is 11.4 Å². The molecule has 5 N–H and O–H groups in total. The van der Waals surface area contributed by atoms with Crippen molar-refractivity contribution in [3.8, 4) is 0 Å². The van der Waals surface area contributed by atoms with Gasteiger partial charge in [0.1, 0.15) is 4.90 Å². The van der Waals surface area contributed by atoms with Crippen LogP contribution >= 0.6 is 0 Å². The van der Waals surface area contributed by atoms with E-state index in [9.17, 15) is 8.42 Å². The van der Waals surface area contributed by atoms with Gasteiger partial charge >= 0.3 is 0 Å². The fraction of sp³-hybridized carbons (Fsp3) is 0.538. The molecule has 0 radical (unpaired) electrons. The summed E-state index contributed by atoms with van der Waals surface area (Å²) >= 11 is 0. The van der Waals surface area contributed by atoms with Gasteiger partial charge in [0.15, 0.2) is 0 Å². The van der Waals surface area contributed by atoms with E-state index in [4.69, 9.17) is 10.9 Å². The Hall–Kier alpha value is -1.27. The van der Waals surface area contributed by atoms with Gasteiger partial charge < -0.3 is 11.1 Å². The number of nitrogens with two attached hydrogens (primary N) is 2. The average molecular weight is 283 g/mol. The van der Waals surface area contributed by atoms with E-state index in [0.717, 1.165) is 12.8 Å². The number of nitrogens with one attached hydrogen (secondary N) is 1. The highest BCUT2D eigenvalue weighted by atomic mass is 32.2. The molecular formula is C13H21N3O2S. The van der Waals surface area contributed by atoms with Crippen LogP contribution in [0.5, 0.6) is 0 Å². The molecule has 1 unspecified atom stereocenters. The minimum Gasteiger partial charge on any atom is -0.396 e. The normalized spacial score (nSPS) is 22.4. The van der Waals surface area contributed by atoms with Gasteiger partial charge in [-0.15, -0.1) is 0 Å². The van der Waals surface area contributed by atoms with E-state index < -0.39 is 10.0 Å². The lowest BCUT2D eigenvalue weighted by Gasteiger charge is -2.29. The summed E-state index contributed by atoms with van der Waals surface area (Å²) in [6.07, 6.45) is 3.38. The highest BCUT2D eigenvalue weighted by Gasteiger charge is 2.34. The van der Waals surface area contributed by atoms with Crippen LogP contribution in [0.15, 0.2) is 23.1 Å². The predicted octanol–water partition coefficient (Wildman–Crippen LogP) is 1.91. The van der Waals surface area contributed by atoms with Gasteiger partial charge in [-0.3, -0.25) is 0 Å². The Morgan fingerprint density at radius 2 is 2.05 bits per heavy atom. The van der Waals surface area contributed by atoms with E-state index >= 15 is 0 Å². The van der Waals surface area contributed by atoms with Gasteiger partial charge in [0.25, 0.3) is 0 Å². The third kappa shape index (κ3) is 2.84. The lowest BCUT2D eigenvalue weighted by molar-refractivity contribution is 0.350. The second kappa shape index (κ2) is 4.68. The number of benzene rings is 1. The molecule has 0 amide bonds. The van der Waals surface area contributed by atoms with Crippen molar-refractivity contribution in [2.45, 2.75) is 44.0 Å². The number of anilines is 2. The van der Waals surface area contributed by atoms with Crippen molar-refractivity contribution in [3.05, 3.63) is 18.2 Å². The predicted molar refractivity (Wildman–Crippen MR) is 77.3 cm³/mol. The Morgan fingerprint density at radius 1 is 1.37 bits per heavy atom. The molecule has 0 aromatic heterocycles. The number of rotatable bonds is 3. The van der Waals surface area contributed by atoms with Crippen LogP contribution in [0.1, 0.15) is 33.1 Å². The van der Waals surface area contributed by atoms with E-state index in [1.165, 1.54) is 12.5 Å². The van der Waals surface area contributed by atoms with Gasteiger partial charge in [0.05, 0.1) is 11.4 Å². The van der Waals surface area contributed by atoms with Crippen LogP contribution in [-0.4, -0.2) is 14.5 Å². The zero-order valence-corrected chi connectivity index (χ0v) is 12.1. The molecule has 1 aromatic carbocycles. The maximum Gasteiger partial charge on any atom is 0.240 e. The van der Waals surface area contributed by atoms with Gasteiger partial charge in [-0.1, -0.05) is 26.3 Å². The molecule has 6 heteroatoms. The summed E-state index contributed by atoms with van der Waals surface area (Å²) in [4.78, 5) is -0.0201. The lowest BCUT2D eigenvalue weighted by atomic mass is 9.87.